The van der Waals surface area contributed by atoms with Crippen molar-refractivity contribution in [1.29, 1.82) is 0 Å². The SMILES string of the molecule is C#CCCCCNC1CC(OCC)C1(C)C. The summed E-state index contributed by atoms with van der Waals surface area (Å²) in [4.78, 5) is 0. The first-order valence-corrected chi connectivity index (χ1v) is 6.41. The number of hydrogen-bond donors (Lipinski definition) is 1. The maximum atomic E-state index is 5.70. The molecule has 1 saturated carbocycles. The number of terminal acetylenes is 1. The third-order valence-corrected chi connectivity index (χ3v) is 3.68. The van der Waals surface area contributed by atoms with Crippen molar-refractivity contribution >= 4 is 0 Å². The van der Waals surface area contributed by atoms with Crippen LogP contribution in [0.25, 0.3) is 0 Å². The van der Waals surface area contributed by atoms with E-state index in [9.17, 15) is 0 Å². The molecule has 1 N–H and O–H groups in total. The van der Waals surface area contributed by atoms with Crippen LogP contribution < -0.4 is 5.32 Å². The minimum Gasteiger partial charge on any atom is -0.378 e. The molecule has 2 heteroatoms. The molecule has 1 aliphatic carbocycles. The minimum absolute atomic E-state index is 0.280. The van der Waals surface area contributed by atoms with Crippen LogP contribution in [-0.2, 0) is 4.74 Å². The fourth-order valence-corrected chi connectivity index (χ4v) is 2.34. The Bertz CT molecular complexity index is 242. The molecule has 0 amide bonds. The van der Waals surface area contributed by atoms with E-state index in [1.807, 2.05) is 0 Å². The molecule has 0 aromatic heterocycles. The van der Waals surface area contributed by atoms with Gasteiger partial charge in [-0.25, -0.2) is 0 Å². The van der Waals surface area contributed by atoms with Crippen molar-refractivity contribution in [2.24, 2.45) is 5.41 Å². The number of unbranched alkanes of at least 4 members (excludes halogenated alkanes) is 2. The quantitative estimate of drug-likeness (QED) is 0.529. The van der Waals surface area contributed by atoms with Gasteiger partial charge in [0.1, 0.15) is 0 Å². The van der Waals surface area contributed by atoms with Gasteiger partial charge in [-0.3, -0.25) is 0 Å². The molecule has 0 spiro atoms. The van der Waals surface area contributed by atoms with E-state index >= 15 is 0 Å². The zero-order valence-electron chi connectivity index (χ0n) is 10.9. The summed E-state index contributed by atoms with van der Waals surface area (Å²) < 4.78 is 5.70. The Hall–Kier alpha value is -0.520. The van der Waals surface area contributed by atoms with Crippen molar-refractivity contribution in [3.63, 3.8) is 0 Å². The van der Waals surface area contributed by atoms with Crippen LogP contribution >= 0.6 is 0 Å². The van der Waals surface area contributed by atoms with E-state index in [1.54, 1.807) is 0 Å². The molecule has 0 saturated heterocycles. The third-order valence-electron chi connectivity index (χ3n) is 3.68. The normalized spacial score (nSPS) is 27.1. The average molecular weight is 223 g/mol. The summed E-state index contributed by atoms with van der Waals surface area (Å²) in [5, 5.41) is 3.61. The van der Waals surface area contributed by atoms with Crippen molar-refractivity contribution in [2.45, 2.75) is 58.6 Å². The van der Waals surface area contributed by atoms with Crippen molar-refractivity contribution < 1.29 is 4.74 Å². The number of nitrogens with one attached hydrogen (secondary N) is 1. The summed E-state index contributed by atoms with van der Waals surface area (Å²) in [6.07, 6.45) is 10.0. The van der Waals surface area contributed by atoms with Gasteiger partial charge in [-0.2, -0.15) is 0 Å². The molecule has 2 nitrogen and oxygen atoms in total. The second-order valence-electron chi connectivity index (χ2n) is 5.17. The zero-order valence-corrected chi connectivity index (χ0v) is 10.9. The molecule has 16 heavy (non-hydrogen) atoms. The Kier molecular flexibility index (Phi) is 5.31. The summed E-state index contributed by atoms with van der Waals surface area (Å²) in [6.45, 7) is 8.54. The molecule has 1 fully saturated rings. The van der Waals surface area contributed by atoms with E-state index in [4.69, 9.17) is 11.2 Å². The first kappa shape index (κ1) is 13.5. The topological polar surface area (TPSA) is 21.3 Å². The maximum absolute atomic E-state index is 5.70. The van der Waals surface area contributed by atoms with Crippen LogP contribution in [0.5, 0.6) is 0 Å². The highest BCUT2D eigenvalue weighted by atomic mass is 16.5. The predicted octanol–water partition coefficient (Wildman–Crippen LogP) is 2.58. The van der Waals surface area contributed by atoms with Gasteiger partial charge in [0, 0.05) is 24.5 Å². The molecule has 2 atom stereocenters. The molecular formula is C14H25NO. The lowest BCUT2D eigenvalue weighted by molar-refractivity contribution is -0.113. The molecule has 0 radical (unpaired) electrons. The first-order chi connectivity index (χ1) is 7.62. The highest BCUT2D eigenvalue weighted by Crippen LogP contribution is 2.42. The van der Waals surface area contributed by atoms with Crippen molar-refractivity contribution in [2.75, 3.05) is 13.2 Å². The van der Waals surface area contributed by atoms with E-state index in [0.29, 0.717) is 12.1 Å². The fourth-order valence-electron chi connectivity index (χ4n) is 2.34. The van der Waals surface area contributed by atoms with Crippen LogP contribution in [0.1, 0.15) is 46.5 Å². The van der Waals surface area contributed by atoms with E-state index in [2.05, 4.69) is 32.0 Å². The molecule has 1 aliphatic rings. The third kappa shape index (κ3) is 3.23. The lowest BCUT2D eigenvalue weighted by Crippen LogP contribution is -2.61. The maximum Gasteiger partial charge on any atom is 0.0655 e. The predicted molar refractivity (Wildman–Crippen MR) is 68.3 cm³/mol. The van der Waals surface area contributed by atoms with Gasteiger partial charge in [0.15, 0.2) is 0 Å². The Balaban J connectivity index is 2.14. The highest BCUT2D eigenvalue weighted by molar-refractivity contribution is 5.02. The van der Waals surface area contributed by atoms with E-state index in [1.165, 1.54) is 6.42 Å². The Labute approximate surface area is 100 Å². The minimum atomic E-state index is 0.280. The molecule has 92 valence electrons. The van der Waals surface area contributed by atoms with Gasteiger partial charge in [-0.15, -0.1) is 12.3 Å². The Morgan fingerprint density at radius 1 is 1.44 bits per heavy atom. The number of ether oxygens (including phenoxy) is 1. The van der Waals surface area contributed by atoms with Gasteiger partial charge < -0.3 is 10.1 Å². The molecule has 0 heterocycles. The summed E-state index contributed by atoms with van der Waals surface area (Å²) >= 11 is 0. The molecule has 0 bridgehead atoms. The van der Waals surface area contributed by atoms with Crippen LogP contribution in [0.4, 0.5) is 0 Å². The first-order valence-electron chi connectivity index (χ1n) is 6.41. The van der Waals surface area contributed by atoms with Crippen molar-refractivity contribution in [1.82, 2.24) is 5.32 Å². The standard InChI is InChI=1S/C14H25NO/c1-5-7-8-9-10-15-12-11-13(16-6-2)14(12,3)4/h1,12-13,15H,6-11H2,2-4H3. The van der Waals surface area contributed by atoms with E-state index in [0.717, 1.165) is 32.4 Å². The molecule has 0 aliphatic heterocycles. The van der Waals surface area contributed by atoms with Crippen LogP contribution in [0, 0.1) is 17.8 Å². The largest absolute Gasteiger partial charge is 0.378 e. The summed E-state index contributed by atoms with van der Waals surface area (Å²) in [7, 11) is 0. The van der Waals surface area contributed by atoms with Crippen molar-refractivity contribution in [3.8, 4) is 12.3 Å². The Morgan fingerprint density at radius 3 is 2.75 bits per heavy atom. The second-order valence-corrected chi connectivity index (χ2v) is 5.17. The van der Waals surface area contributed by atoms with Gasteiger partial charge >= 0.3 is 0 Å². The summed E-state index contributed by atoms with van der Waals surface area (Å²) in [5.41, 5.74) is 0.280. The zero-order chi connectivity index (χ0) is 12.0. The van der Waals surface area contributed by atoms with Gasteiger partial charge in [-0.05, 0) is 32.7 Å². The summed E-state index contributed by atoms with van der Waals surface area (Å²) in [5.74, 6) is 2.68. The van der Waals surface area contributed by atoms with E-state index < -0.39 is 0 Å². The molecule has 0 aromatic carbocycles. The van der Waals surface area contributed by atoms with Gasteiger partial charge in [0.05, 0.1) is 6.10 Å². The fraction of sp³-hybridized carbons (Fsp3) is 0.857. The smallest absolute Gasteiger partial charge is 0.0655 e. The van der Waals surface area contributed by atoms with Crippen LogP contribution in [0.3, 0.4) is 0 Å². The lowest BCUT2D eigenvalue weighted by atomic mass is 9.64. The molecule has 2 unspecified atom stereocenters. The van der Waals surface area contributed by atoms with E-state index in [-0.39, 0.29) is 5.41 Å². The van der Waals surface area contributed by atoms with Gasteiger partial charge in [-0.1, -0.05) is 13.8 Å². The van der Waals surface area contributed by atoms with Crippen LogP contribution in [-0.4, -0.2) is 25.3 Å². The average Bonchev–Trinajstić information content (AvgIpc) is 2.26. The number of rotatable bonds is 7. The second kappa shape index (κ2) is 6.27. The molecular weight excluding hydrogens is 198 g/mol. The van der Waals surface area contributed by atoms with Gasteiger partial charge in [0.25, 0.3) is 0 Å². The Morgan fingerprint density at radius 2 is 2.19 bits per heavy atom. The van der Waals surface area contributed by atoms with Crippen LogP contribution in [0.15, 0.2) is 0 Å². The van der Waals surface area contributed by atoms with Crippen molar-refractivity contribution in [3.05, 3.63) is 0 Å². The number of hydrogen-bond acceptors (Lipinski definition) is 2. The van der Waals surface area contributed by atoms with Gasteiger partial charge in [0.2, 0.25) is 0 Å². The van der Waals surface area contributed by atoms with Crippen LogP contribution in [0.2, 0.25) is 0 Å². The summed E-state index contributed by atoms with van der Waals surface area (Å²) in [6, 6.07) is 0.606. The molecule has 1 rings (SSSR count). The molecule has 0 aromatic rings. The lowest BCUT2D eigenvalue weighted by Gasteiger charge is -2.52. The monoisotopic (exact) mass is 223 g/mol. The highest BCUT2D eigenvalue weighted by Gasteiger charge is 2.48.